The molecule has 0 spiro atoms. The summed E-state index contributed by atoms with van der Waals surface area (Å²) in [6.45, 7) is -0.0424. The topological polar surface area (TPSA) is 90.0 Å². The van der Waals surface area contributed by atoms with Crippen LogP contribution in [0.2, 0.25) is 0 Å². The van der Waals surface area contributed by atoms with Gasteiger partial charge in [-0.3, -0.25) is 14.5 Å². The van der Waals surface area contributed by atoms with E-state index in [1.165, 1.54) is 18.9 Å². The van der Waals surface area contributed by atoms with Crippen LogP contribution in [0.5, 0.6) is 0 Å². The van der Waals surface area contributed by atoms with Crippen LogP contribution in [0.15, 0.2) is 48.5 Å². The Balaban J connectivity index is 1.73. The number of rotatable bonds is 8. The highest BCUT2D eigenvalue weighted by Gasteiger charge is 2.43. The van der Waals surface area contributed by atoms with Crippen molar-refractivity contribution in [3.05, 3.63) is 70.8 Å². The standard InChI is InChI=1S/C22H21NO6S/c1-28-21(26)15-9-7-14(8-10-15)13-29-22(27)18(11-12-30-2)23-19(24)16-5-3-4-6-17(16)20(23)25/h3-10,18H,11-13H2,1-2H3/t18-/m0/s1. The fourth-order valence-corrected chi connectivity index (χ4v) is 3.64. The summed E-state index contributed by atoms with van der Waals surface area (Å²) in [6, 6.07) is 12.0. The Bertz CT molecular complexity index is 937. The van der Waals surface area contributed by atoms with Gasteiger partial charge in [0.25, 0.3) is 11.8 Å². The lowest BCUT2D eigenvalue weighted by molar-refractivity contribution is -0.149. The van der Waals surface area contributed by atoms with Crippen molar-refractivity contribution in [2.45, 2.75) is 19.1 Å². The minimum Gasteiger partial charge on any atom is -0.465 e. The first-order valence-corrected chi connectivity index (χ1v) is 10.7. The number of amides is 2. The molecule has 1 heterocycles. The van der Waals surface area contributed by atoms with E-state index in [2.05, 4.69) is 4.74 Å². The minimum atomic E-state index is -1.00. The van der Waals surface area contributed by atoms with Crippen LogP contribution in [0.25, 0.3) is 0 Å². The summed E-state index contributed by atoms with van der Waals surface area (Å²) in [5, 5.41) is 0. The molecule has 156 valence electrons. The first-order chi connectivity index (χ1) is 14.5. The molecule has 0 N–H and O–H groups in total. The van der Waals surface area contributed by atoms with Gasteiger partial charge in [-0.05, 0) is 48.3 Å². The molecule has 1 aliphatic heterocycles. The molecule has 7 nitrogen and oxygen atoms in total. The monoisotopic (exact) mass is 427 g/mol. The van der Waals surface area contributed by atoms with Crippen molar-refractivity contribution in [3.8, 4) is 0 Å². The van der Waals surface area contributed by atoms with Gasteiger partial charge in [-0.2, -0.15) is 11.8 Å². The second-order valence-electron chi connectivity index (χ2n) is 6.62. The minimum absolute atomic E-state index is 0.0424. The fraction of sp³-hybridized carbons (Fsp3) is 0.273. The molecule has 1 atom stereocenters. The number of imide groups is 1. The van der Waals surface area contributed by atoms with Crippen LogP contribution in [0, 0.1) is 0 Å². The maximum absolute atomic E-state index is 12.8. The quantitative estimate of drug-likeness (QED) is 0.473. The van der Waals surface area contributed by atoms with Crippen molar-refractivity contribution in [3.63, 3.8) is 0 Å². The van der Waals surface area contributed by atoms with Gasteiger partial charge in [0, 0.05) is 0 Å². The number of carbonyl (C=O) groups excluding carboxylic acids is 4. The van der Waals surface area contributed by atoms with E-state index in [1.54, 1.807) is 48.5 Å². The largest absolute Gasteiger partial charge is 0.465 e. The van der Waals surface area contributed by atoms with Crippen molar-refractivity contribution in [2.24, 2.45) is 0 Å². The number of carbonyl (C=O) groups is 4. The van der Waals surface area contributed by atoms with Crippen molar-refractivity contribution < 1.29 is 28.7 Å². The lowest BCUT2D eigenvalue weighted by Crippen LogP contribution is -2.46. The van der Waals surface area contributed by atoms with Gasteiger partial charge in [0.15, 0.2) is 0 Å². The first-order valence-electron chi connectivity index (χ1n) is 9.27. The fourth-order valence-electron chi connectivity index (χ4n) is 3.18. The summed E-state index contributed by atoms with van der Waals surface area (Å²) in [6.07, 6.45) is 2.18. The number of hydrogen-bond acceptors (Lipinski definition) is 7. The van der Waals surface area contributed by atoms with Crippen molar-refractivity contribution >= 4 is 35.5 Å². The zero-order valence-electron chi connectivity index (χ0n) is 16.6. The molecule has 0 fully saturated rings. The van der Waals surface area contributed by atoms with E-state index in [1.807, 2.05) is 6.26 Å². The summed E-state index contributed by atoms with van der Waals surface area (Å²) >= 11 is 1.51. The van der Waals surface area contributed by atoms with Crippen LogP contribution in [0.4, 0.5) is 0 Å². The molecule has 0 saturated heterocycles. The van der Waals surface area contributed by atoms with Crippen LogP contribution < -0.4 is 0 Å². The molecule has 0 aromatic heterocycles. The Morgan fingerprint density at radius 2 is 1.60 bits per heavy atom. The van der Waals surface area contributed by atoms with Crippen LogP contribution in [0.3, 0.4) is 0 Å². The van der Waals surface area contributed by atoms with Crippen LogP contribution in [0.1, 0.15) is 43.1 Å². The van der Waals surface area contributed by atoms with Gasteiger partial charge in [0.2, 0.25) is 0 Å². The zero-order chi connectivity index (χ0) is 21.7. The van der Waals surface area contributed by atoms with Gasteiger partial charge in [-0.25, -0.2) is 9.59 Å². The second-order valence-corrected chi connectivity index (χ2v) is 7.60. The molecular formula is C22H21NO6S. The van der Waals surface area contributed by atoms with E-state index in [0.717, 1.165) is 4.90 Å². The van der Waals surface area contributed by atoms with Gasteiger partial charge in [-0.15, -0.1) is 0 Å². The van der Waals surface area contributed by atoms with E-state index < -0.39 is 29.8 Å². The Labute approximate surface area is 178 Å². The Morgan fingerprint density at radius 3 is 2.13 bits per heavy atom. The van der Waals surface area contributed by atoms with Gasteiger partial charge in [0.1, 0.15) is 12.6 Å². The molecule has 0 aliphatic carbocycles. The molecule has 30 heavy (non-hydrogen) atoms. The number of fused-ring (bicyclic) bond motifs is 1. The SMILES string of the molecule is COC(=O)c1ccc(COC(=O)[C@H](CCSC)N2C(=O)c3ccccc3C2=O)cc1. The smallest absolute Gasteiger partial charge is 0.337 e. The van der Waals surface area contributed by atoms with Crippen molar-refractivity contribution in [2.75, 3.05) is 19.1 Å². The number of nitrogens with zero attached hydrogens (tertiary/aromatic N) is 1. The predicted molar refractivity (Wildman–Crippen MR) is 111 cm³/mol. The lowest BCUT2D eigenvalue weighted by Gasteiger charge is -2.24. The number of benzene rings is 2. The number of ether oxygens (including phenoxy) is 2. The van der Waals surface area contributed by atoms with E-state index in [-0.39, 0.29) is 6.61 Å². The lowest BCUT2D eigenvalue weighted by atomic mass is 10.1. The number of thioether (sulfide) groups is 1. The van der Waals surface area contributed by atoms with Crippen LogP contribution in [-0.4, -0.2) is 53.8 Å². The van der Waals surface area contributed by atoms with Crippen LogP contribution >= 0.6 is 11.8 Å². The van der Waals surface area contributed by atoms with Crippen LogP contribution in [-0.2, 0) is 20.9 Å². The zero-order valence-corrected chi connectivity index (χ0v) is 17.4. The second kappa shape index (κ2) is 9.58. The Hall–Kier alpha value is -3.13. The summed E-state index contributed by atoms with van der Waals surface area (Å²) in [4.78, 5) is 50.9. The molecule has 1 aliphatic rings. The van der Waals surface area contributed by atoms with E-state index >= 15 is 0 Å². The van der Waals surface area contributed by atoms with E-state index in [4.69, 9.17) is 4.74 Å². The normalized spacial score (nSPS) is 13.7. The Kier molecular flexibility index (Phi) is 6.89. The van der Waals surface area contributed by atoms with Gasteiger partial charge in [0.05, 0.1) is 23.8 Å². The third kappa shape index (κ3) is 4.38. The highest BCUT2D eigenvalue weighted by Crippen LogP contribution is 2.26. The molecule has 0 bridgehead atoms. The molecule has 3 rings (SSSR count). The predicted octanol–water partition coefficient (Wildman–Crippen LogP) is 2.93. The molecule has 0 saturated carbocycles. The molecule has 0 unspecified atom stereocenters. The summed E-state index contributed by atoms with van der Waals surface area (Å²) in [5.74, 6) is -1.49. The van der Waals surface area contributed by atoms with E-state index in [0.29, 0.717) is 34.4 Å². The van der Waals surface area contributed by atoms with Crippen molar-refractivity contribution in [1.82, 2.24) is 4.90 Å². The molecular weight excluding hydrogens is 406 g/mol. The molecule has 0 radical (unpaired) electrons. The van der Waals surface area contributed by atoms with Gasteiger partial charge < -0.3 is 9.47 Å². The van der Waals surface area contributed by atoms with Gasteiger partial charge in [-0.1, -0.05) is 24.3 Å². The van der Waals surface area contributed by atoms with Gasteiger partial charge >= 0.3 is 11.9 Å². The molecule has 8 heteroatoms. The first kappa shape index (κ1) is 21.6. The van der Waals surface area contributed by atoms with E-state index in [9.17, 15) is 19.2 Å². The summed E-state index contributed by atoms with van der Waals surface area (Å²) in [5.41, 5.74) is 1.64. The Morgan fingerprint density at radius 1 is 1.00 bits per heavy atom. The summed E-state index contributed by atoms with van der Waals surface area (Å²) in [7, 11) is 1.30. The highest BCUT2D eigenvalue weighted by atomic mass is 32.2. The highest BCUT2D eigenvalue weighted by molar-refractivity contribution is 7.98. The maximum atomic E-state index is 12.8. The molecule has 2 amide bonds. The number of methoxy groups -OCH3 is 1. The molecule has 2 aromatic carbocycles. The molecule has 2 aromatic rings. The average Bonchev–Trinajstić information content (AvgIpc) is 3.03. The summed E-state index contributed by atoms with van der Waals surface area (Å²) < 4.78 is 10.1. The number of hydrogen-bond donors (Lipinski definition) is 0. The average molecular weight is 427 g/mol. The third-order valence-corrected chi connectivity index (χ3v) is 5.40. The third-order valence-electron chi connectivity index (χ3n) is 4.76. The number of esters is 2. The van der Waals surface area contributed by atoms with Crippen molar-refractivity contribution in [1.29, 1.82) is 0 Å². The maximum Gasteiger partial charge on any atom is 0.337 e.